The van der Waals surface area contributed by atoms with Crippen molar-refractivity contribution in [3.8, 4) is 63.5 Å². The third-order valence-electron chi connectivity index (χ3n) is 10.7. The second-order valence-electron chi connectivity index (χ2n) is 13.9. The van der Waals surface area contributed by atoms with Crippen LogP contribution in [-0.4, -0.2) is 19.1 Å². The zero-order chi connectivity index (χ0) is 39.3. The molecule has 8 heteroatoms. The third-order valence-corrected chi connectivity index (χ3v) is 10.7. The first-order valence-corrected chi connectivity index (χ1v) is 18.4. The Morgan fingerprint density at radius 1 is 0.431 bits per heavy atom. The second kappa shape index (κ2) is 13.5. The van der Waals surface area contributed by atoms with Crippen molar-refractivity contribution in [1.29, 1.82) is 15.8 Å². The molecular formula is C50H26N8. The Bertz CT molecular complexity index is 3320. The van der Waals surface area contributed by atoms with Crippen LogP contribution in [0.3, 0.4) is 0 Å². The summed E-state index contributed by atoms with van der Waals surface area (Å²) in [6.07, 6.45) is 0. The quantitative estimate of drug-likeness (QED) is 0.163. The average molecular weight is 739 g/mol. The first-order chi connectivity index (χ1) is 28.5. The maximum Gasteiger partial charge on any atom is 0.188 e. The van der Waals surface area contributed by atoms with Gasteiger partial charge in [-0.15, -0.1) is 0 Å². The molecule has 3 aromatic heterocycles. The van der Waals surface area contributed by atoms with Crippen LogP contribution in [0, 0.1) is 40.6 Å². The Labute approximate surface area is 332 Å². The summed E-state index contributed by atoms with van der Waals surface area (Å²) in [5.41, 5.74) is 12.3. The molecule has 0 unspecified atom stereocenters. The van der Waals surface area contributed by atoms with Gasteiger partial charge in [-0.3, -0.25) is 0 Å². The van der Waals surface area contributed by atoms with Crippen molar-refractivity contribution in [2.24, 2.45) is 0 Å². The van der Waals surface area contributed by atoms with Crippen molar-refractivity contribution in [3.63, 3.8) is 0 Å². The predicted octanol–water partition coefficient (Wildman–Crippen LogP) is 11.8. The molecule has 0 aliphatic rings. The van der Waals surface area contributed by atoms with Gasteiger partial charge in [0, 0.05) is 44.2 Å². The van der Waals surface area contributed by atoms with Crippen molar-refractivity contribution in [3.05, 3.63) is 186 Å². The lowest BCUT2D eigenvalue weighted by molar-refractivity contribution is 1.16. The van der Waals surface area contributed by atoms with Gasteiger partial charge in [-0.2, -0.15) is 15.8 Å². The van der Waals surface area contributed by atoms with Gasteiger partial charge in [0.1, 0.15) is 0 Å². The second-order valence-corrected chi connectivity index (χ2v) is 13.9. The number of benzene rings is 7. The van der Waals surface area contributed by atoms with Crippen LogP contribution in [0.5, 0.6) is 0 Å². The van der Waals surface area contributed by atoms with Crippen molar-refractivity contribution in [2.75, 3.05) is 0 Å². The summed E-state index contributed by atoms with van der Waals surface area (Å²) in [6.45, 7) is 7.62. The number of aromatic nitrogens is 4. The first-order valence-electron chi connectivity index (χ1n) is 18.4. The van der Waals surface area contributed by atoms with Crippen molar-refractivity contribution in [2.45, 2.75) is 0 Å². The SMILES string of the molecule is [C-]#[N+]c1ccc2c(c1)c1cc(C#N)ccc1n2-c1ccc2c(c1)c1ccccc1n2-c1ccc(-c2cc(-c3ccc(C#N)cc3)nc(-c3ccc(C#N)cc3)n2)cc1. The molecule has 10 aromatic rings. The van der Waals surface area contributed by atoms with Gasteiger partial charge in [0.15, 0.2) is 11.5 Å². The number of nitrogens with zero attached hydrogens (tertiary/aromatic N) is 8. The van der Waals surface area contributed by atoms with E-state index in [1.807, 2.05) is 66.7 Å². The molecule has 0 fully saturated rings. The fourth-order valence-corrected chi connectivity index (χ4v) is 7.87. The standard InChI is InChI=1S/C50H26N8/c1-54-37-17-22-48-42(25-37)41-24-33(30-53)10-21-47(41)58(48)39-20-23-49-43(26-39)40-4-2-3-5-46(40)57(49)38-18-15-35(16-19-38)45-27-44(34-11-6-31(28-51)7-12-34)55-50(56-45)36-13-8-32(29-52)9-14-36/h2-27H. The van der Waals surface area contributed by atoms with E-state index in [4.69, 9.17) is 16.5 Å². The highest BCUT2D eigenvalue weighted by Gasteiger charge is 2.18. The number of para-hydroxylation sites is 1. The predicted molar refractivity (Wildman–Crippen MR) is 227 cm³/mol. The maximum atomic E-state index is 9.69. The summed E-state index contributed by atoms with van der Waals surface area (Å²) >= 11 is 0. The summed E-state index contributed by atoms with van der Waals surface area (Å²) in [4.78, 5) is 13.6. The summed E-state index contributed by atoms with van der Waals surface area (Å²) in [5, 5.41) is 32.5. The summed E-state index contributed by atoms with van der Waals surface area (Å²) in [5.74, 6) is 0.532. The molecule has 7 aromatic carbocycles. The lowest BCUT2D eigenvalue weighted by Gasteiger charge is -2.12. The van der Waals surface area contributed by atoms with Crippen molar-refractivity contribution >= 4 is 49.3 Å². The summed E-state index contributed by atoms with van der Waals surface area (Å²) in [7, 11) is 0. The van der Waals surface area contributed by atoms with Crippen LogP contribution in [-0.2, 0) is 0 Å². The highest BCUT2D eigenvalue weighted by molar-refractivity contribution is 6.13. The van der Waals surface area contributed by atoms with Crippen LogP contribution in [0.1, 0.15) is 16.7 Å². The van der Waals surface area contributed by atoms with E-state index in [1.165, 1.54) is 0 Å². The minimum absolute atomic E-state index is 0.532. The van der Waals surface area contributed by atoms with Gasteiger partial charge in [-0.1, -0.05) is 48.5 Å². The van der Waals surface area contributed by atoms with Crippen molar-refractivity contribution < 1.29 is 0 Å². The third kappa shape index (κ3) is 5.51. The number of hydrogen-bond acceptors (Lipinski definition) is 5. The zero-order valence-corrected chi connectivity index (χ0v) is 30.6. The highest BCUT2D eigenvalue weighted by atomic mass is 15.0. The smallest absolute Gasteiger partial charge is 0.188 e. The molecule has 0 atom stereocenters. The van der Waals surface area contributed by atoms with E-state index >= 15 is 0 Å². The molecule has 8 nitrogen and oxygen atoms in total. The largest absolute Gasteiger partial charge is 0.309 e. The van der Waals surface area contributed by atoms with E-state index in [2.05, 4.69) is 98.9 Å². The molecule has 0 aliphatic carbocycles. The highest BCUT2D eigenvalue weighted by Crippen LogP contribution is 2.39. The van der Waals surface area contributed by atoms with Crippen LogP contribution in [0.2, 0.25) is 0 Å². The molecule has 0 spiro atoms. The molecule has 0 amide bonds. The maximum absolute atomic E-state index is 9.69. The molecule has 0 saturated heterocycles. The van der Waals surface area contributed by atoms with Crippen LogP contribution < -0.4 is 0 Å². The van der Waals surface area contributed by atoms with Crippen LogP contribution in [0.25, 0.3) is 93.7 Å². The summed E-state index contributed by atoms with van der Waals surface area (Å²) < 4.78 is 4.48. The molecule has 0 saturated carbocycles. The lowest BCUT2D eigenvalue weighted by atomic mass is 10.0. The van der Waals surface area contributed by atoms with Gasteiger partial charge in [-0.05, 0) is 115 Å². The molecule has 0 N–H and O–H groups in total. The Morgan fingerprint density at radius 2 is 0.914 bits per heavy atom. The van der Waals surface area contributed by atoms with E-state index < -0.39 is 0 Å². The summed E-state index contributed by atoms with van der Waals surface area (Å²) in [6, 6.07) is 57.9. The Hall–Kier alpha value is -8.82. The van der Waals surface area contributed by atoms with Gasteiger partial charge in [0.2, 0.25) is 0 Å². The van der Waals surface area contributed by atoms with Crippen molar-refractivity contribution in [1.82, 2.24) is 19.1 Å². The van der Waals surface area contributed by atoms with E-state index in [9.17, 15) is 15.8 Å². The molecule has 266 valence electrons. The van der Waals surface area contributed by atoms with Gasteiger partial charge in [-0.25, -0.2) is 14.8 Å². The number of rotatable bonds is 5. The van der Waals surface area contributed by atoms with Crippen LogP contribution in [0.4, 0.5) is 5.69 Å². The molecule has 10 rings (SSSR count). The monoisotopic (exact) mass is 738 g/mol. The molecule has 0 aliphatic heterocycles. The van der Waals surface area contributed by atoms with E-state index in [0.29, 0.717) is 28.2 Å². The fraction of sp³-hybridized carbons (Fsp3) is 0. The van der Waals surface area contributed by atoms with E-state index in [1.54, 1.807) is 24.3 Å². The minimum atomic E-state index is 0.532. The molecular weight excluding hydrogens is 713 g/mol. The van der Waals surface area contributed by atoms with Gasteiger partial charge < -0.3 is 9.13 Å². The van der Waals surface area contributed by atoms with E-state index in [-0.39, 0.29) is 0 Å². The van der Waals surface area contributed by atoms with Crippen LogP contribution in [0.15, 0.2) is 158 Å². The molecule has 0 radical (unpaired) electrons. The van der Waals surface area contributed by atoms with Gasteiger partial charge in [0.05, 0.1) is 74.9 Å². The number of nitriles is 3. The van der Waals surface area contributed by atoms with Gasteiger partial charge in [0.25, 0.3) is 0 Å². The lowest BCUT2D eigenvalue weighted by Crippen LogP contribution is -1.97. The first kappa shape index (κ1) is 33.7. The Kier molecular flexibility index (Phi) is 7.84. The molecule has 58 heavy (non-hydrogen) atoms. The Balaban J connectivity index is 1.10. The number of fused-ring (bicyclic) bond motifs is 6. The number of hydrogen-bond donors (Lipinski definition) is 0. The minimum Gasteiger partial charge on any atom is -0.309 e. The fourth-order valence-electron chi connectivity index (χ4n) is 7.87. The normalized spacial score (nSPS) is 11.0. The van der Waals surface area contributed by atoms with E-state index in [0.717, 1.165) is 83.1 Å². The zero-order valence-electron chi connectivity index (χ0n) is 30.6. The molecule has 0 bridgehead atoms. The topological polar surface area (TPSA) is 111 Å². The van der Waals surface area contributed by atoms with Crippen LogP contribution >= 0.6 is 0 Å². The average Bonchev–Trinajstić information content (AvgIpc) is 3.80. The Morgan fingerprint density at radius 3 is 1.55 bits per heavy atom. The van der Waals surface area contributed by atoms with Gasteiger partial charge >= 0.3 is 0 Å². The molecule has 3 heterocycles.